The molecule has 2 aliphatic heterocycles. The molecule has 28 heavy (non-hydrogen) atoms. The normalized spacial score (nSPS) is 18.9. The van der Waals surface area contributed by atoms with Crippen molar-refractivity contribution in [1.82, 2.24) is 15.0 Å². The Morgan fingerprint density at radius 1 is 1.00 bits per heavy atom. The molecule has 2 aromatic rings. The summed E-state index contributed by atoms with van der Waals surface area (Å²) in [4.78, 5) is 15.0. The number of sulfone groups is 1. The highest BCUT2D eigenvalue weighted by Gasteiger charge is 2.31. The Hall–Kier alpha value is -2.30. The molecule has 10 heteroatoms. The molecule has 2 saturated heterocycles. The molecule has 2 fully saturated rings. The summed E-state index contributed by atoms with van der Waals surface area (Å²) >= 11 is 0. The lowest BCUT2D eigenvalue weighted by molar-refractivity contribution is 0.0983. The minimum atomic E-state index is -3.51. The highest BCUT2D eigenvalue weighted by atomic mass is 32.2. The molecule has 0 saturated carbocycles. The molecular formula is C18H23N5O4S. The molecule has 0 atom stereocenters. The number of nitrogen functional groups attached to an aromatic ring is 1. The van der Waals surface area contributed by atoms with Crippen LogP contribution in [0.5, 0.6) is 0 Å². The molecule has 0 aromatic carbocycles. The van der Waals surface area contributed by atoms with Gasteiger partial charge in [0.05, 0.1) is 29.1 Å². The number of hydrogen-bond donors (Lipinski definition) is 1. The van der Waals surface area contributed by atoms with Gasteiger partial charge in [-0.15, -0.1) is 0 Å². The smallest absolute Gasteiger partial charge is 0.219 e. The number of morpholine rings is 1. The fraction of sp³-hybridized carbons (Fsp3) is 0.500. The standard InChI is InChI=1S/C18H23N5O4S/c19-18-20-11-13(12-21-18)16-9-15(28(24,25)14-1-5-26-6-2-14)10-17(22-16)23-3-7-27-8-4-23/h9-12,14H,1-8H2,(H2,19,20,21). The number of hydrogen-bond acceptors (Lipinski definition) is 9. The van der Waals surface area contributed by atoms with Crippen LogP contribution in [0.4, 0.5) is 11.8 Å². The lowest BCUT2D eigenvalue weighted by Crippen LogP contribution is -2.37. The zero-order valence-corrected chi connectivity index (χ0v) is 16.3. The van der Waals surface area contributed by atoms with Crippen molar-refractivity contribution in [2.45, 2.75) is 23.0 Å². The highest BCUT2D eigenvalue weighted by molar-refractivity contribution is 7.92. The van der Waals surface area contributed by atoms with Gasteiger partial charge in [-0.2, -0.15) is 0 Å². The molecule has 4 heterocycles. The predicted octanol–water partition coefficient (Wildman–Crippen LogP) is 0.910. The van der Waals surface area contributed by atoms with E-state index in [1.54, 1.807) is 24.5 Å². The number of nitrogens with two attached hydrogens (primary N) is 1. The third-order valence-corrected chi connectivity index (χ3v) is 7.27. The van der Waals surface area contributed by atoms with E-state index in [1.165, 1.54) is 0 Å². The van der Waals surface area contributed by atoms with Crippen LogP contribution in [0.3, 0.4) is 0 Å². The summed E-state index contributed by atoms with van der Waals surface area (Å²) < 4.78 is 37.3. The molecule has 0 amide bonds. The van der Waals surface area contributed by atoms with Crippen molar-refractivity contribution in [2.24, 2.45) is 0 Å². The third kappa shape index (κ3) is 3.94. The molecule has 0 bridgehead atoms. The summed E-state index contributed by atoms with van der Waals surface area (Å²) in [6.07, 6.45) is 4.10. The Bertz CT molecular complexity index is 923. The largest absolute Gasteiger partial charge is 0.381 e. The molecule has 0 aliphatic carbocycles. The second-order valence-electron chi connectivity index (χ2n) is 6.83. The van der Waals surface area contributed by atoms with Crippen molar-refractivity contribution in [3.05, 3.63) is 24.5 Å². The summed E-state index contributed by atoms with van der Waals surface area (Å²) in [5.74, 6) is 0.770. The van der Waals surface area contributed by atoms with Gasteiger partial charge in [-0.05, 0) is 25.0 Å². The average molecular weight is 405 g/mol. The van der Waals surface area contributed by atoms with Gasteiger partial charge < -0.3 is 20.1 Å². The van der Waals surface area contributed by atoms with E-state index in [-0.39, 0.29) is 10.8 Å². The molecular weight excluding hydrogens is 382 g/mol. The van der Waals surface area contributed by atoms with E-state index in [4.69, 9.17) is 15.2 Å². The van der Waals surface area contributed by atoms with Crippen LogP contribution in [0.1, 0.15) is 12.8 Å². The van der Waals surface area contributed by atoms with Crippen LogP contribution in [-0.4, -0.2) is 68.1 Å². The number of anilines is 2. The molecule has 0 spiro atoms. The molecule has 2 aromatic heterocycles. The van der Waals surface area contributed by atoms with Crippen molar-refractivity contribution < 1.29 is 17.9 Å². The lowest BCUT2D eigenvalue weighted by atomic mass is 10.2. The first-order valence-electron chi connectivity index (χ1n) is 9.28. The van der Waals surface area contributed by atoms with Gasteiger partial charge in [0.25, 0.3) is 0 Å². The summed E-state index contributed by atoms with van der Waals surface area (Å²) in [5, 5.41) is -0.447. The molecule has 2 aliphatic rings. The maximum Gasteiger partial charge on any atom is 0.219 e. The van der Waals surface area contributed by atoms with E-state index < -0.39 is 15.1 Å². The Balaban J connectivity index is 1.78. The van der Waals surface area contributed by atoms with E-state index >= 15 is 0 Å². The van der Waals surface area contributed by atoms with Crippen LogP contribution in [0, 0.1) is 0 Å². The maximum atomic E-state index is 13.3. The van der Waals surface area contributed by atoms with E-state index in [0.29, 0.717) is 69.4 Å². The van der Waals surface area contributed by atoms with Crippen molar-refractivity contribution in [1.29, 1.82) is 0 Å². The number of rotatable bonds is 4. The first-order valence-corrected chi connectivity index (χ1v) is 10.8. The van der Waals surface area contributed by atoms with Gasteiger partial charge in [-0.1, -0.05) is 0 Å². The Kier molecular flexibility index (Phi) is 5.42. The molecule has 150 valence electrons. The SMILES string of the molecule is Nc1ncc(-c2cc(S(=O)(=O)C3CCOCC3)cc(N3CCOCC3)n2)cn1. The predicted molar refractivity (Wildman–Crippen MR) is 104 cm³/mol. The first kappa shape index (κ1) is 19.0. The summed E-state index contributed by atoms with van der Waals surface area (Å²) in [6.45, 7) is 3.41. The zero-order valence-electron chi connectivity index (χ0n) is 15.5. The van der Waals surface area contributed by atoms with Gasteiger partial charge in [-0.3, -0.25) is 0 Å². The van der Waals surface area contributed by atoms with Gasteiger partial charge in [0.15, 0.2) is 9.84 Å². The van der Waals surface area contributed by atoms with Crippen LogP contribution in [0.15, 0.2) is 29.4 Å². The molecule has 9 nitrogen and oxygen atoms in total. The van der Waals surface area contributed by atoms with Crippen molar-refractivity contribution in [2.75, 3.05) is 50.2 Å². The Labute approximate surface area is 163 Å². The van der Waals surface area contributed by atoms with Gasteiger partial charge in [0.1, 0.15) is 5.82 Å². The molecule has 4 rings (SSSR count). The lowest BCUT2D eigenvalue weighted by Gasteiger charge is -2.29. The number of aromatic nitrogens is 3. The number of nitrogens with zero attached hydrogens (tertiary/aromatic N) is 4. The monoisotopic (exact) mass is 405 g/mol. The number of pyridine rings is 1. The average Bonchev–Trinajstić information content (AvgIpc) is 2.75. The van der Waals surface area contributed by atoms with Crippen LogP contribution in [-0.2, 0) is 19.3 Å². The molecule has 2 N–H and O–H groups in total. The van der Waals surface area contributed by atoms with Crippen molar-refractivity contribution >= 4 is 21.6 Å². The Morgan fingerprint density at radius 2 is 1.64 bits per heavy atom. The van der Waals surface area contributed by atoms with Gasteiger partial charge in [0.2, 0.25) is 5.95 Å². The molecule has 0 unspecified atom stereocenters. The van der Waals surface area contributed by atoms with Crippen LogP contribution in [0.2, 0.25) is 0 Å². The van der Waals surface area contributed by atoms with Gasteiger partial charge in [0, 0.05) is 44.3 Å². The maximum absolute atomic E-state index is 13.3. The van der Waals surface area contributed by atoms with Gasteiger partial charge >= 0.3 is 0 Å². The number of ether oxygens (including phenoxy) is 2. The highest BCUT2D eigenvalue weighted by Crippen LogP contribution is 2.30. The summed E-state index contributed by atoms with van der Waals surface area (Å²) in [5.41, 5.74) is 6.70. The second-order valence-corrected chi connectivity index (χ2v) is 9.06. The quantitative estimate of drug-likeness (QED) is 0.791. The fourth-order valence-electron chi connectivity index (χ4n) is 3.41. The molecule has 0 radical (unpaired) electrons. The topological polar surface area (TPSA) is 121 Å². The second kappa shape index (κ2) is 7.98. The van der Waals surface area contributed by atoms with E-state index in [1.807, 2.05) is 4.90 Å². The van der Waals surface area contributed by atoms with E-state index in [2.05, 4.69) is 15.0 Å². The van der Waals surface area contributed by atoms with Gasteiger partial charge in [-0.25, -0.2) is 23.4 Å². The fourth-order valence-corrected chi connectivity index (χ4v) is 5.15. The van der Waals surface area contributed by atoms with Crippen LogP contribution in [0.25, 0.3) is 11.3 Å². The van der Waals surface area contributed by atoms with Crippen molar-refractivity contribution in [3.8, 4) is 11.3 Å². The summed E-state index contributed by atoms with van der Waals surface area (Å²) in [6, 6.07) is 3.27. The Morgan fingerprint density at radius 3 is 2.32 bits per heavy atom. The van der Waals surface area contributed by atoms with Crippen LogP contribution < -0.4 is 10.6 Å². The first-order chi connectivity index (χ1) is 13.5. The van der Waals surface area contributed by atoms with Crippen molar-refractivity contribution in [3.63, 3.8) is 0 Å². The summed E-state index contributed by atoms with van der Waals surface area (Å²) in [7, 11) is -3.51. The minimum absolute atomic E-state index is 0.156. The van der Waals surface area contributed by atoms with E-state index in [9.17, 15) is 8.42 Å². The van der Waals surface area contributed by atoms with Crippen LogP contribution >= 0.6 is 0 Å². The zero-order chi connectivity index (χ0) is 19.6. The third-order valence-electron chi connectivity index (χ3n) is 5.02. The van der Waals surface area contributed by atoms with E-state index in [0.717, 1.165) is 0 Å². The minimum Gasteiger partial charge on any atom is -0.381 e.